The molecule has 16 heavy (non-hydrogen) atoms. The predicted molar refractivity (Wildman–Crippen MR) is 54.9 cm³/mol. The van der Waals surface area contributed by atoms with Crippen LogP contribution in [0.1, 0.15) is 12.5 Å². The van der Waals surface area contributed by atoms with Gasteiger partial charge >= 0.3 is 12.1 Å². The molecule has 0 aliphatic carbocycles. The molecule has 0 aliphatic heterocycles. The first-order chi connectivity index (χ1) is 7.50. The molecule has 1 aromatic rings. The van der Waals surface area contributed by atoms with Gasteiger partial charge in [-0.25, -0.2) is 9.59 Å². The van der Waals surface area contributed by atoms with Crippen LogP contribution in [0.5, 0.6) is 0 Å². The van der Waals surface area contributed by atoms with Crippen LogP contribution in [-0.4, -0.2) is 24.3 Å². The number of aliphatic carboxylic acids is 1. The SMILES string of the molecule is COC(=O)O[C@@](C)(C(=O)O)c1ccccc1. The highest BCUT2D eigenvalue weighted by Crippen LogP contribution is 2.26. The molecule has 5 heteroatoms. The Morgan fingerprint density at radius 1 is 1.25 bits per heavy atom. The summed E-state index contributed by atoms with van der Waals surface area (Å²) in [5, 5.41) is 9.10. The second-order valence-corrected chi connectivity index (χ2v) is 3.26. The Bertz CT molecular complexity index is 387. The maximum absolute atomic E-state index is 11.1. The van der Waals surface area contributed by atoms with Crippen molar-refractivity contribution in [2.75, 3.05) is 7.11 Å². The molecule has 1 rings (SSSR count). The van der Waals surface area contributed by atoms with E-state index in [0.717, 1.165) is 7.11 Å². The summed E-state index contributed by atoms with van der Waals surface area (Å²) in [7, 11) is 1.12. The van der Waals surface area contributed by atoms with Crippen molar-refractivity contribution in [1.29, 1.82) is 0 Å². The summed E-state index contributed by atoms with van der Waals surface area (Å²) in [5.41, 5.74) is -1.37. The van der Waals surface area contributed by atoms with Gasteiger partial charge in [0.25, 0.3) is 0 Å². The third kappa shape index (κ3) is 2.31. The molecule has 0 aromatic heterocycles. The minimum Gasteiger partial charge on any atom is -0.478 e. The van der Waals surface area contributed by atoms with E-state index in [2.05, 4.69) is 4.74 Å². The predicted octanol–water partition coefficient (Wildman–Crippen LogP) is 1.77. The summed E-state index contributed by atoms with van der Waals surface area (Å²) in [6, 6.07) is 8.20. The summed E-state index contributed by atoms with van der Waals surface area (Å²) in [6.45, 7) is 1.29. The van der Waals surface area contributed by atoms with E-state index >= 15 is 0 Å². The Hall–Kier alpha value is -2.04. The fourth-order valence-corrected chi connectivity index (χ4v) is 1.19. The van der Waals surface area contributed by atoms with Crippen LogP contribution in [0.4, 0.5) is 4.79 Å². The standard InChI is InChI=1S/C11H12O5/c1-11(9(12)13,16-10(14)15-2)8-6-4-3-5-7-8/h3-7H,1-2H3,(H,12,13)/t11-/m1/s1. The minimum atomic E-state index is -1.74. The molecule has 1 aromatic carbocycles. The number of carboxylic acids is 1. The van der Waals surface area contributed by atoms with Crippen molar-refractivity contribution in [2.24, 2.45) is 0 Å². The Balaban J connectivity index is 3.07. The van der Waals surface area contributed by atoms with Crippen molar-refractivity contribution in [3.8, 4) is 0 Å². The number of methoxy groups -OCH3 is 1. The van der Waals surface area contributed by atoms with Crippen LogP contribution in [0.25, 0.3) is 0 Å². The molecule has 0 spiro atoms. The van der Waals surface area contributed by atoms with Crippen molar-refractivity contribution >= 4 is 12.1 Å². The zero-order valence-corrected chi connectivity index (χ0v) is 8.97. The average molecular weight is 224 g/mol. The molecule has 0 fully saturated rings. The number of rotatable bonds is 3. The molecule has 0 heterocycles. The fraction of sp³-hybridized carbons (Fsp3) is 0.273. The maximum Gasteiger partial charge on any atom is 0.509 e. The second-order valence-electron chi connectivity index (χ2n) is 3.26. The van der Waals surface area contributed by atoms with Gasteiger partial charge in [-0.15, -0.1) is 0 Å². The van der Waals surface area contributed by atoms with Gasteiger partial charge < -0.3 is 14.6 Å². The summed E-state index contributed by atoms with van der Waals surface area (Å²) >= 11 is 0. The molecule has 86 valence electrons. The zero-order chi connectivity index (χ0) is 12.2. The summed E-state index contributed by atoms with van der Waals surface area (Å²) in [5.74, 6) is -1.26. The fourth-order valence-electron chi connectivity index (χ4n) is 1.19. The smallest absolute Gasteiger partial charge is 0.478 e. The minimum absolute atomic E-state index is 0.368. The molecule has 1 N–H and O–H groups in total. The number of benzene rings is 1. The van der Waals surface area contributed by atoms with E-state index in [-0.39, 0.29) is 0 Å². The zero-order valence-electron chi connectivity index (χ0n) is 8.97. The van der Waals surface area contributed by atoms with Crippen LogP contribution in [0.15, 0.2) is 30.3 Å². The first-order valence-electron chi connectivity index (χ1n) is 4.56. The molecule has 1 atom stereocenters. The van der Waals surface area contributed by atoms with Gasteiger partial charge in [0, 0.05) is 5.56 Å². The van der Waals surface area contributed by atoms with Gasteiger partial charge in [0.2, 0.25) is 5.60 Å². The van der Waals surface area contributed by atoms with Gasteiger partial charge in [0.05, 0.1) is 7.11 Å². The largest absolute Gasteiger partial charge is 0.509 e. The van der Waals surface area contributed by atoms with Crippen LogP contribution in [0.2, 0.25) is 0 Å². The van der Waals surface area contributed by atoms with Crippen LogP contribution >= 0.6 is 0 Å². The molecule has 0 bridgehead atoms. The molecule has 0 amide bonds. The lowest BCUT2D eigenvalue weighted by atomic mass is 9.96. The topological polar surface area (TPSA) is 72.8 Å². The highest BCUT2D eigenvalue weighted by molar-refractivity contribution is 5.81. The number of hydrogen-bond donors (Lipinski definition) is 1. The van der Waals surface area contributed by atoms with Gasteiger partial charge in [-0.2, -0.15) is 0 Å². The number of hydrogen-bond acceptors (Lipinski definition) is 4. The number of carbonyl (C=O) groups excluding carboxylic acids is 1. The van der Waals surface area contributed by atoms with Gasteiger partial charge in [-0.05, 0) is 6.92 Å². The molecule has 0 radical (unpaired) electrons. The van der Waals surface area contributed by atoms with Crippen LogP contribution in [0, 0.1) is 0 Å². The maximum atomic E-state index is 11.1. The molecule has 0 aliphatic rings. The van der Waals surface area contributed by atoms with Gasteiger partial charge in [0.15, 0.2) is 0 Å². The summed E-state index contributed by atoms with van der Waals surface area (Å²) in [4.78, 5) is 22.1. The summed E-state index contributed by atoms with van der Waals surface area (Å²) < 4.78 is 9.07. The van der Waals surface area contributed by atoms with Crippen molar-refractivity contribution < 1.29 is 24.2 Å². The monoisotopic (exact) mass is 224 g/mol. The van der Waals surface area contributed by atoms with E-state index in [1.807, 2.05) is 0 Å². The highest BCUT2D eigenvalue weighted by atomic mass is 16.7. The Morgan fingerprint density at radius 3 is 2.25 bits per heavy atom. The van der Waals surface area contributed by atoms with Gasteiger partial charge in [0.1, 0.15) is 0 Å². The van der Waals surface area contributed by atoms with E-state index in [9.17, 15) is 9.59 Å². The average Bonchev–Trinajstić information content (AvgIpc) is 2.29. The Labute approximate surface area is 92.6 Å². The Kier molecular flexibility index (Phi) is 3.50. The van der Waals surface area contributed by atoms with E-state index in [4.69, 9.17) is 9.84 Å². The van der Waals surface area contributed by atoms with Crippen molar-refractivity contribution in [2.45, 2.75) is 12.5 Å². The van der Waals surface area contributed by atoms with Crippen molar-refractivity contribution in [3.63, 3.8) is 0 Å². The number of ether oxygens (including phenoxy) is 2. The first kappa shape index (κ1) is 12.0. The molecule has 5 nitrogen and oxygen atoms in total. The second kappa shape index (κ2) is 4.65. The van der Waals surface area contributed by atoms with Gasteiger partial charge in [-0.3, -0.25) is 0 Å². The van der Waals surface area contributed by atoms with Crippen LogP contribution < -0.4 is 0 Å². The molecular formula is C11H12O5. The third-order valence-corrected chi connectivity index (χ3v) is 2.19. The van der Waals surface area contributed by atoms with Crippen LogP contribution in [-0.2, 0) is 19.9 Å². The highest BCUT2D eigenvalue weighted by Gasteiger charge is 2.40. The molecular weight excluding hydrogens is 212 g/mol. The molecule has 0 unspecified atom stereocenters. The normalized spacial score (nSPS) is 13.6. The van der Waals surface area contributed by atoms with E-state index in [1.165, 1.54) is 6.92 Å². The van der Waals surface area contributed by atoms with E-state index in [1.54, 1.807) is 30.3 Å². The van der Waals surface area contributed by atoms with E-state index in [0.29, 0.717) is 5.56 Å². The third-order valence-electron chi connectivity index (χ3n) is 2.19. The summed E-state index contributed by atoms with van der Waals surface area (Å²) in [6.07, 6.45) is -1.03. The lowest BCUT2D eigenvalue weighted by Crippen LogP contribution is -2.37. The van der Waals surface area contributed by atoms with Crippen molar-refractivity contribution in [3.05, 3.63) is 35.9 Å². The Morgan fingerprint density at radius 2 is 1.81 bits per heavy atom. The van der Waals surface area contributed by atoms with Crippen molar-refractivity contribution in [1.82, 2.24) is 0 Å². The molecule has 0 saturated heterocycles. The van der Waals surface area contributed by atoms with Gasteiger partial charge in [-0.1, -0.05) is 30.3 Å². The number of carbonyl (C=O) groups is 2. The number of carboxylic acid groups (broad SMARTS) is 1. The quantitative estimate of drug-likeness (QED) is 0.792. The molecule has 0 saturated carbocycles. The van der Waals surface area contributed by atoms with Crippen LogP contribution in [0.3, 0.4) is 0 Å². The lowest BCUT2D eigenvalue weighted by Gasteiger charge is -2.24. The first-order valence-corrected chi connectivity index (χ1v) is 4.56. The lowest BCUT2D eigenvalue weighted by molar-refractivity contribution is -0.160. The van der Waals surface area contributed by atoms with E-state index < -0.39 is 17.7 Å².